The fourth-order valence-electron chi connectivity index (χ4n) is 1.76. The first-order chi connectivity index (χ1) is 7.86. The first-order valence-corrected chi connectivity index (χ1v) is 5.21. The van der Waals surface area contributed by atoms with Crippen LogP contribution in [0.15, 0.2) is 23.7 Å². The van der Waals surface area contributed by atoms with Crippen LogP contribution in [0, 0.1) is 0 Å². The van der Waals surface area contributed by atoms with Gasteiger partial charge in [-0.15, -0.1) is 0 Å². The van der Waals surface area contributed by atoms with Crippen LogP contribution in [-0.4, -0.2) is 14.4 Å². The van der Waals surface area contributed by atoms with E-state index in [0.717, 1.165) is 5.69 Å². The zero-order chi connectivity index (χ0) is 11.0. The average molecular weight is 214 g/mol. The minimum absolute atomic E-state index is 0.276. The molecule has 2 aromatic heterocycles. The van der Waals surface area contributed by atoms with Gasteiger partial charge in [-0.2, -0.15) is 0 Å². The minimum Gasteiger partial charge on any atom is -0.291 e. The van der Waals surface area contributed by atoms with Crippen LogP contribution in [0.25, 0.3) is 16.2 Å². The number of rotatable bonds is 3. The Bertz CT molecular complexity index is 576. The number of fused-ring (bicyclic) bond motifs is 1. The third-order valence-electron chi connectivity index (χ3n) is 2.72. The van der Waals surface area contributed by atoms with Crippen LogP contribution in [-0.2, 0) is 6.54 Å². The third kappa shape index (κ3) is 1.59. The Morgan fingerprint density at radius 2 is 2.38 bits per heavy atom. The fraction of sp³-hybridized carbons (Fsp3) is 0.400. The van der Waals surface area contributed by atoms with E-state index in [2.05, 4.69) is 26.2 Å². The molecule has 1 saturated carbocycles. The summed E-state index contributed by atoms with van der Waals surface area (Å²) in [6.45, 7) is 0.276. The molecular weight excluding hydrogens is 204 g/mol. The lowest BCUT2D eigenvalue weighted by atomic mass is 10.2. The highest BCUT2D eigenvalue weighted by Crippen LogP contribution is 2.39. The van der Waals surface area contributed by atoms with Gasteiger partial charge < -0.3 is 0 Å². The van der Waals surface area contributed by atoms with Crippen molar-refractivity contribution < 1.29 is 0 Å². The van der Waals surface area contributed by atoms with Crippen LogP contribution in [0.4, 0.5) is 0 Å². The smallest absolute Gasteiger partial charge is 0.233 e. The van der Waals surface area contributed by atoms with Crippen molar-refractivity contribution in [3.05, 3.63) is 40.3 Å². The molecule has 2 aromatic rings. The molecule has 0 saturated heterocycles. The highest BCUT2D eigenvalue weighted by Gasteiger charge is 2.24. The Balaban J connectivity index is 1.99. The van der Waals surface area contributed by atoms with Gasteiger partial charge in [0.15, 0.2) is 0 Å². The summed E-state index contributed by atoms with van der Waals surface area (Å²) in [6.07, 6.45) is 8.33. The summed E-state index contributed by atoms with van der Waals surface area (Å²) in [5, 5.41) is 3.48. The molecule has 2 heterocycles. The van der Waals surface area contributed by atoms with Crippen LogP contribution in [0.2, 0.25) is 0 Å². The van der Waals surface area contributed by atoms with Gasteiger partial charge in [-0.05, 0) is 29.9 Å². The van der Waals surface area contributed by atoms with Crippen LogP contribution in [0.5, 0.6) is 0 Å². The molecule has 3 rings (SSSR count). The Kier molecular flexibility index (Phi) is 2.01. The maximum atomic E-state index is 8.24. The number of hydrogen-bond donors (Lipinski definition) is 0. The van der Waals surface area contributed by atoms with E-state index in [1.165, 1.54) is 18.4 Å². The van der Waals surface area contributed by atoms with Gasteiger partial charge in [-0.3, -0.25) is 4.40 Å². The Morgan fingerprint density at radius 1 is 1.50 bits per heavy atom. The van der Waals surface area contributed by atoms with Crippen LogP contribution in [0.3, 0.4) is 0 Å². The lowest BCUT2D eigenvalue weighted by Crippen LogP contribution is -1.90. The van der Waals surface area contributed by atoms with Gasteiger partial charge in [-0.25, -0.2) is 9.97 Å². The number of hydrogen-bond acceptors (Lipinski definition) is 3. The van der Waals surface area contributed by atoms with Crippen LogP contribution in [0.1, 0.15) is 30.0 Å². The van der Waals surface area contributed by atoms with Crippen molar-refractivity contribution in [3.8, 4) is 0 Å². The van der Waals surface area contributed by atoms with E-state index in [1.807, 2.05) is 16.8 Å². The SMILES string of the molecule is [N-]=[N+]=NCc1cn2cc(C3CC3)cnc2n1. The Morgan fingerprint density at radius 3 is 3.12 bits per heavy atom. The molecule has 16 heavy (non-hydrogen) atoms. The van der Waals surface area contributed by atoms with Gasteiger partial charge in [0.05, 0.1) is 12.2 Å². The van der Waals surface area contributed by atoms with Crippen molar-refractivity contribution in [2.75, 3.05) is 0 Å². The number of azide groups is 1. The molecule has 1 fully saturated rings. The molecule has 6 nitrogen and oxygen atoms in total. The van der Waals surface area contributed by atoms with Gasteiger partial charge in [0.25, 0.3) is 0 Å². The average Bonchev–Trinajstić information content (AvgIpc) is 3.06. The predicted octanol–water partition coefficient (Wildman–Crippen LogP) is 2.42. The number of imidazole rings is 1. The highest BCUT2D eigenvalue weighted by molar-refractivity contribution is 5.33. The van der Waals surface area contributed by atoms with E-state index in [1.54, 1.807) is 0 Å². The second-order valence-corrected chi connectivity index (χ2v) is 3.99. The zero-order valence-electron chi connectivity index (χ0n) is 8.61. The first kappa shape index (κ1) is 9.18. The monoisotopic (exact) mass is 214 g/mol. The van der Waals surface area contributed by atoms with Crippen molar-refractivity contribution in [2.45, 2.75) is 25.3 Å². The predicted molar refractivity (Wildman–Crippen MR) is 57.8 cm³/mol. The van der Waals surface area contributed by atoms with Crippen LogP contribution >= 0.6 is 0 Å². The molecule has 0 aromatic carbocycles. The van der Waals surface area contributed by atoms with Crippen molar-refractivity contribution in [1.82, 2.24) is 14.4 Å². The number of aromatic nitrogens is 3. The molecule has 1 aliphatic rings. The van der Waals surface area contributed by atoms with Crippen molar-refractivity contribution in [1.29, 1.82) is 0 Å². The van der Waals surface area contributed by atoms with Gasteiger partial charge >= 0.3 is 0 Å². The van der Waals surface area contributed by atoms with E-state index in [9.17, 15) is 0 Å². The van der Waals surface area contributed by atoms with Gasteiger partial charge in [-0.1, -0.05) is 5.11 Å². The van der Waals surface area contributed by atoms with Crippen molar-refractivity contribution >= 4 is 5.78 Å². The molecule has 0 bridgehead atoms. The highest BCUT2D eigenvalue weighted by atomic mass is 15.1. The fourth-order valence-corrected chi connectivity index (χ4v) is 1.76. The molecule has 0 radical (unpaired) electrons. The molecule has 0 aliphatic heterocycles. The summed E-state index contributed by atoms with van der Waals surface area (Å²) >= 11 is 0. The summed E-state index contributed by atoms with van der Waals surface area (Å²) in [7, 11) is 0. The summed E-state index contributed by atoms with van der Waals surface area (Å²) < 4.78 is 1.90. The molecule has 0 spiro atoms. The van der Waals surface area contributed by atoms with Gasteiger partial charge in [0.2, 0.25) is 5.78 Å². The zero-order valence-corrected chi connectivity index (χ0v) is 8.61. The molecule has 0 amide bonds. The summed E-state index contributed by atoms with van der Waals surface area (Å²) in [4.78, 5) is 11.3. The lowest BCUT2D eigenvalue weighted by Gasteiger charge is -1.97. The largest absolute Gasteiger partial charge is 0.291 e. The third-order valence-corrected chi connectivity index (χ3v) is 2.72. The minimum atomic E-state index is 0.276. The molecule has 0 N–H and O–H groups in total. The van der Waals surface area contributed by atoms with Gasteiger partial charge in [0.1, 0.15) is 0 Å². The molecule has 1 aliphatic carbocycles. The maximum absolute atomic E-state index is 8.24. The maximum Gasteiger partial charge on any atom is 0.233 e. The lowest BCUT2D eigenvalue weighted by molar-refractivity contribution is 0.996. The van der Waals surface area contributed by atoms with E-state index in [0.29, 0.717) is 11.7 Å². The molecule has 0 unspecified atom stereocenters. The quantitative estimate of drug-likeness (QED) is 0.446. The summed E-state index contributed by atoms with van der Waals surface area (Å²) in [5.74, 6) is 1.34. The molecule has 80 valence electrons. The molecular formula is C10H10N6. The first-order valence-electron chi connectivity index (χ1n) is 5.21. The van der Waals surface area contributed by atoms with Crippen molar-refractivity contribution in [3.63, 3.8) is 0 Å². The Hall–Kier alpha value is -2.07. The topological polar surface area (TPSA) is 79.0 Å². The van der Waals surface area contributed by atoms with E-state index in [-0.39, 0.29) is 6.54 Å². The molecule has 0 atom stereocenters. The second-order valence-electron chi connectivity index (χ2n) is 3.99. The van der Waals surface area contributed by atoms with E-state index < -0.39 is 0 Å². The number of nitrogens with zero attached hydrogens (tertiary/aromatic N) is 6. The van der Waals surface area contributed by atoms with E-state index in [4.69, 9.17) is 5.53 Å². The standard InChI is InChI=1S/C10H10N6/c11-15-13-4-9-6-16-5-8(7-1-2-7)3-12-10(16)14-9/h3,5-7H,1-2,4H2. The molecule has 6 heteroatoms. The normalized spacial score (nSPS) is 15.0. The summed E-state index contributed by atoms with van der Waals surface area (Å²) in [5.41, 5.74) is 10.2. The van der Waals surface area contributed by atoms with Gasteiger partial charge in [0, 0.05) is 23.5 Å². The van der Waals surface area contributed by atoms with E-state index >= 15 is 0 Å². The second kappa shape index (κ2) is 3.50. The van der Waals surface area contributed by atoms with Crippen molar-refractivity contribution in [2.24, 2.45) is 5.11 Å². The van der Waals surface area contributed by atoms with Crippen LogP contribution < -0.4 is 0 Å². The summed E-state index contributed by atoms with van der Waals surface area (Å²) in [6, 6.07) is 0. The Labute approximate surface area is 91.6 Å².